The van der Waals surface area contributed by atoms with E-state index in [4.69, 9.17) is 16.3 Å². The van der Waals surface area contributed by atoms with Crippen LogP contribution in [0.5, 0.6) is 0 Å². The lowest BCUT2D eigenvalue weighted by atomic mass is 9.66. The molecule has 1 spiro atoms. The number of carbonyl (C=O) groups is 3. The standard InChI is InChI=1S/C19H22ClN3O4/c1-10-9-23-14-7-13(20)6-5-12(14)8-19(15(23)11(2)27-10)16(24)21(3)18(26)22(4)17(19)25/h5-7,10-11,15H,8-9H2,1-4H3/t10-,11-,15+/m1/s1. The SMILES string of the molecule is C[C@@H]1CN2c3cc(Cl)ccc3CC3(C(=O)N(C)C(=O)N(C)C3=O)[C@@H]2[C@@H](C)O1. The van der Waals surface area contributed by atoms with Gasteiger partial charge in [-0.1, -0.05) is 17.7 Å². The number of nitrogens with zero attached hydrogens (tertiary/aromatic N) is 3. The number of urea groups is 1. The van der Waals surface area contributed by atoms with Crippen LogP contribution < -0.4 is 4.90 Å². The molecule has 2 fully saturated rings. The van der Waals surface area contributed by atoms with Crippen molar-refractivity contribution in [3.63, 3.8) is 0 Å². The lowest BCUT2D eigenvalue weighted by molar-refractivity contribution is -0.166. The molecule has 4 amide bonds. The summed E-state index contributed by atoms with van der Waals surface area (Å²) in [5, 5.41) is 0.598. The first-order valence-corrected chi connectivity index (χ1v) is 9.37. The molecule has 144 valence electrons. The van der Waals surface area contributed by atoms with Gasteiger partial charge < -0.3 is 9.64 Å². The van der Waals surface area contributed by atoms with Crippen molar-refractivity contribution in [2.24, 2.45) is 5.41 Å². The van der Waals surface area contributed by atoms with Gasteiger partial charge in [0.25, 0.3) is 0 Å². The maximum Gasteiger partial charge on any atom is 0.332 e. The molecule has 3 heterocycles. The lowest BCUT2D eigenvalue weighted by Crippen LogP contribution is -2.75. The zero-order chi connectivity index (χ0) is 19.7. The monoisotopic (exact) mass is 391 g/mol. The zero-order valence-corrected chi connectivity index (χ0v) is 16.5. The number of imide groups is 2. The summed E-state index contributed by atoms with van der Waals surface area (Å²) < 4.78 is 6.02. The quantitative estimate of drug-likeness (QED) is 0.632. The predicted octanol–water partition coefficient (Wildman–Crippen LogP) is 1.92. The van der Waals surface area contributed by atoms with E-state index in [1.54, 1.807) is 6.07 Å². The number of fused-ring (bicyclic) bond motifs is 4. The van der Waals surface area contributed by atoms with Crippen molar-refractivity contribution >= 4 is 35.1 Å². The minimum absolute atomic E-state index is 0.0656. The number of carbonyl (C=O) groups excluding carboxylic acids is 3. The molecule has 8 heteroatoms. The van der Waals surface area contributed by atoms with Gasteiger partial charge in [0, 0.05) is 31.4 Å². The van der Waals surface area contributed by atoms with E-state index in [0.29, 0.717) is 11.6 Å². The van der Waals surface area contributed by atoms with E-state index in [9.17, 15) is 14.4 Å². The summed E-state index contributed by atoms with van der Waals surface area (Å²) in [6.45, 7) is 4.37. The molecule has 3 aliphatic heterocycles. The maximum absolute atomic E-state index is 13.4. The summed E-state index contributed by atoms with van der Waals surface area (Å²) in [4.78, 5) is 43.2. The number of benzene rings is 1. The Balaban J connectivity index is 1.95. The first-order valence-electron chi connectivity index (χ1n) is 8.99. The highest BCUT2D eigenvalue weighted by Gasteiger charge is 2.65. The number of rotatable bonds is 0. The van der Waals surface area contributed by atoms with Gasteiger partial charge in [0.1, 0.15) is 0 Å². The van der Waals surface area contributed by atoms with Gasteiger partial charge in [-0.3, -0.25) is 19.4 Å². The summed E-state index contributed by atoms with van der Waals surface area (Å²) >= 11 is 6.23. The molecule has 0 N–H and O–H groups in total. The highest BCUT2D eigenvalue weighted by Crippen LogP contribution is 2.49. The van der Waals surface area contributed by atoms with Gasteiger partial charge in [-0.05, 0) is 38.0 Å². The summed E-state index contributed by atoms with van der Waals surface area (Å²) in [5.41, 5.74) is 0.385. The molecule has 1 aromatic carbocycles. The first kappa shape index (κ1) is 18.3. The highest BCUT2D eigenvalue weighted by atomic mass is 35.5. The predicted molar refractivity (Wildman–Crippen MR) is 99.7 cm³/mol. The normalized spacial score (nSPS) is 29.9. The molecular formula is C19H22ClN3O4. The average Bonchev–Trinajstić information content (AvgIpc) is 2.63. The Morgan fingerprint density at radius 3 is 2.37 bits per heavy atom. The minimum Gasteiger partial charge on any atom is -0.372 e. The molecule has 0 radical (unpaired) electrons. The molecule has 0 unspecified atom stereocenters. The van der Waals surface area contributed by atoms with E-state index in [2.05, 4.69) is 4.90 Å². The lowest BCUT2D eigenvalue weighted by Gasteiger charge is -2.57. The Morgan fingerprint density at radius 2 is 1.74 bits per heavy atom. The van der Waals surface area contributed by atoms with Crippen LogP contribution in [0.4, 0.5) is 10.5 Å². The third-order valence-corrected chi connectivity index (χ3v) is 6.19. The first-order chi connectivity index (χ1) is 12.7. The maximum atomic E-state index is 13.4. The average molecular weight is 392 g/mol. The molecule has 2 saturated heterocycles. The third-order valence-electron chi connectivity index (χ3n) is 5.96. The van der Waals surface area contributed by atoms with Crippen molar-refractivity contribution in [2.75, 3.05) is 25.5 Å². The molecule has 3 atom stereocenters. The Hall–Kier alpha value is -2.12. The molecule has 27 heavy (non-hydrogen) atoms. The van der Waals surface area contributed by atoms with Crippen molar-refractivity contribution in [3.05, 3.63) is 28.8 Å². The van der Waals surface area contributed by atoms with Gasteiger partial charge in [-0.2, -0.15) is 0 Å². The fourth-order valence-electron chi connectivity index (χ4n) is 4.89. The van der Waals surface area contributed by atoms with Gasteiger partial charge in [0.15, 0.2) is 5.41 Å². The number of hydrogen-bond acceptors (Lipinski definition) is 5. The van der Waals surface area contributed by atoms with Crippen molar-refractivity contribution in [1.82, 2.24) is 9.80 Å². The van der Waals surface area contributed by atoms with Crippen LogP contribution >= 0.6 is 11.6 Å². The second-order valence-electron chi connectivity index (χ2n) is 7.68. The Bertz CT molecular complexity index is 833. The zero-order valence-electron chi connectivity index (χ0n) is 15.7. The largest absolute Gasteiger partial charge is 0.372 e. The molecule has 0 bridgehead atoms. The summed E-state index contributed by atoms with van der Waals surface area (Å²) in [7, 11) is 2.85. The molecule has 0 aromatic heterocycles. The Morgan fingerprint density at radius 1 is 1.11 bits per heavy atom. The van der Waals surface area contributed by atoms with E-state index >= 15 is 0 Å². The molecule has 4 rings (SSSR count). The number of anilines is 1. The molecule has 0 saturated carbocycles. The molecular weight excluding hydrogens is 370 g/mol. The van der Waals surface area contributed by atoms with Crippen LogP contribution in [-0.4, -0.2) is 66.5 Å². The van der Waals surface area contributed by atoms with Crippen molar-refractivity contribution in [3.8, 4) is 0 Å². The molecule has 7 nitrogen and oxygen atoms in total. The number of halogens is 1. The summed E-state index contributed by atoms with van der Waals surface area (Å²) in [6, 6.07) is 4.37. The second kappa shape index (κ2) is 5.94. The fraction of sp³-hybridized carbons (Fsp3) is 0.526. The minimum atomic E-state index is -1.40. The summed E-state index contributed by atoms with van der Waals surface area (Å²) in [5.74, 6) is -0.951. The summed E-state index contributed by atoms with van der Waals surface area (Å²) in [6.07, 6.45) is -0.226. The highest BCUT2D eigenvalue weighted by molar-refractivity contribution is 6.31. The fourth-order valence-corrected chi connectivity index (χ4v) is 5.06. The van der Waals surface area contributed by atoms with E-state index in [1.807, 2.05) is 26.0 Å². The van der Waals surface area contributed by atoms with Gasteiger partial charge in [0.05, 0.1) is 18.2 Å². The van der Waals surface area contributed by atoms with E-state index in [0.717, 1.165) is 21.1 Å². The third kappa shape index (κ3) is 2.34. The topological polar surface area (TPSA) is 70.2 Å². The molecule has 1 aromatic rings. The van der Waals surface area contributed by atoms with Gasteiger partial charge in [0.2, 0.25) is 11.8 Å². The van der Waals surface area contributed by atoms with Crippen molar-refractivity contribution in [1.29, 1.82) is 0 Å². The molecule has 3 aliphatic rings. The van der Waals surface area contributed by atoms with E-state index in [-0.39, 0.29) is 18.6 Å². The van der Waals surface area contributed by atoms with Crippen LogP contribution in [0.2, 0.25) is 5.02 Å². The van der Waals surface area contributed by atoms with Gasteiger partial charge in [-0.15, -0.1) is 0 Å². The Kier molecular flexibility index (Phi) is 4.01. The smallest absolute Gasteiger partial charge is 0.332 e. The van der Waals surface area contributed by atoms with Crippen LogP contribution in [0, 0.1) is 5.41 Å². The number of ether oxygens (including phenoxy) is 1. The van der Waals surface area contributed by atoms with Crippen LogP contribution in [0.25, 0.3) is 0 Å². The van der Waals surface area contributed by atoms with Gasteiger partial charge in [-0.25, -0.2) is 4.79 Å². The number of hydrogen-bond donors (Lipinski definition) is 0. The Labute approximate surface area is 162 Å². The molecule has 0 aliphatic carbocycles. The van der Waals surface area contributed by atoms with E-state index < -0.39 is 29.3 Å². The number of barbiturate groups is 1. The van der Waals surface area contributed by atoms with Crippen LogP contribution in [0.3, 0.4) is 0 Å². The number of amides is 4. The second-order valence-corrected chi connectivity index (χ2v) is 8.12. The van der Waals surface area contributed by atoms with Crippen LogP contribution in [0.1, 0.15) is 19.4 Å². The van der Waals surface area contributed by atoms with Crippen LogP contribution in [0.15, 0.2) is 18.2 Å². The number of morpholine rings is 1. The van der Waals surface area contributed by atoms with Crippen molar-refractivity contribution in [2.45, 2.75) is 38.5 Å². The van der Waals surface area contributed by atoms with Gasteiger partial charge >= 0.3 is 6.03 Å². The van der Waals surface area contributed by atoms with E-state index in [1.165, 1.54) is 14.1 Å². The van der Waals surface area contributed by atoms with Crippen LogP contribution in [-0.2, 0) is 20.7 Å². The van der Waals surface area contributed by atoms with Crippen molar-refractivity contribution < 1.29 is 19.1 Å².